The molecule has 0 saturated carbocycles. The molecular weight excluding hydrogens is 84.0 g/mol. The van der Waals surface area contributed by atoms with Crippen molar-refractivity contribution in [1.29, 1.82) is 0 Å². The molecule has 0 bridgehead atoms. The number of hydrogen-bond acceptors (Lipinski definition) is 1. The quantitative estimate of drug-likeness (QED) is 0.255. The van der Waals surface area contributed by atoms with Gasteiger partial charge in [-0.05, 0) is 0 Å². The third kappa shape index (κ3) is 1.60. The Hall–Kier alpha value is -0.700. The van der Waals surface area contributed by atoms with E-state index >= 15 is 0 Å². The monoisotopic (exact) mass is 90.0 g/mol. The van der Waals surface area contributed by atoms with E-state index < -0.39 is 6.10 Å². The van der Waals surface area contributed by atoms with Crippen LogP contribution in [0.2, 0.25) is 0 Å². The largest absolute Gasteiger partial charge is 0.370 e. The van der Waals surface area contributed by atoms with Crippen molar-refractivity contribution in [2.75, 3.05) is 0 Å². The van der Waals surface area contributed by atoms with Crippen molar-refractivity contribution in [3.63, 3.8) is 0 Å². The van der Waals surface area contributed by atoms with Gasteiger partial charge in [0.2, 0.25) is 0 Å². The van der Waals surface area contributed by atoms with Gasteiger partial charge >= 0.3 is 12.6 Å². The van der Waals surface area contributed by atoms with Gasteiger partial charge in [0.25, 0.3) is 6.10 Å². The van der Waals surface area contributed by atoms with Crippen LogP contribution in [0, 0.1) is 0 Å². The topological polar surface area (TPSA) is 63.0 Å². The summed E-state index contributed by atoms with van der Waals surface area (Å²) < 4.78 is 0. The first kappa shape index (κ1) is 5.30. The van der Waals surface area contributed by atoms with Gasteiger partial charge in [-0.15, -0.1) is 0 Å². The number of aldehydes is 2. The fourth-order valence-electron chi connectivity index (χ4n) is 0.0385. The molecule has 0 aromatic carbocycles. The second-order valence-electron chi connectivity index (χ2n) is 0.789. The molecule has 3 nitrogen and oxygen atoms in total. The summed E-state index contributed by atoms with van der Waals surface area (Å²) in [6, 6.07) is 0. The van der Waals surface area contributed by atoms with Crippen LogP contribution in [-0.2, 0) is 0 Å². The van der Waals surface area contributed by atoms with Crippen LogP contribution >= 0.6 is 0 Å². The summed E-state index contributed by atoms with van der Waals surface area (Å²) >= 11 is 0. The Morgan fingerprint density at radius 2 is 1.67 bits per heavy atom. The lowest BCUT2D eigenvalue weighted by Gasteiger charge is -1.69. The second-order valence-corrected chi connectivity index (χ2v) is 0.789. The lowest BCUT2D eigenvalue weighted by molar-refractivity contribution is 0.298. The third-order valence-electron chi connectivity index (χ3n) is 0.305. The second kappa shape index (κ2) is 2.53. The SMILES string of the molecule is OC(C=[OH+])C=[OH+]. The highest BCUT2D eigenvalue weighted by Gasteiger charge is 2.03. The molecule has 0 fully saturated rings. The normalized spacial score (nSPS) is 12.8. The highest BCUT2D eigenvalue weighted by Crippen LogP contribution is 1.59. The van der Waals surface area contributed by atoms with E-state index in [1.807, 2.05) is 0 Å². The van der Waals surface area contributed by atoms with Crippen molar-refractivity contribution in [3.05, 3.63) is 0 Å². The molecule has 34 valence electrons. The third-order valence-corrected chi connectivity index (χ3v) is 0.305. The molecule has 3 N–H and O–H groups in total. The van der Waals surface area contributed by atoms with Crippen LogP contribution in [0.25, 0.3) is 0 Å². The first-order valence-electron chi connectivity index (χ1n) is 1.44. The van der Waals surface area contributed by atoms with E-state index in [2.05, 4.69) is 0 Å². The molecule has 0 aliphatic carbocycles. The number of carbonyl (C=O) groups excluding carboxylic acids is 2. The average Bonchev–Trinajstić information content (AvgIpc) is 1.65. The standard InChI is InChI=1S/C3H4O3/c4-1-3(6)2-5/h1-3,6H/p+2. The van der Waals surface area contributed by atoms with E-state index in [1.165, 1.54) is 0 Å². The van der Waals surface area contributed by atoms with Crippen molar-refractivity contribution in [2.45, 2.75) is 6.10 Å². The average molecular weight is 90.1 g/mol. The van der Waals surface area contributed by atoms with Gasteiger partial charge in [0.05, 0.1) is 0 Å². The first-order chi connectivity index (χ1) is 2.81. The van der Waals surface area contributed by atoms with Gasteiger partial charge in [-0.1, -0.05) is 0 Å². The van der Waals surface area contributed by atoms with Crippen molar-refractivity contribution in [2.24, 2.45) is 0 Å². The number of rotatable bonds is 2. The van der Waals surface area contributed by atoms with Gasteiger partial charge in [-0.25, -0.2) is 0 Å². The molecule has 0 aromatic rings. The van der Waals surface area contributed by atoms with E-state index in [4.69, 9.17) is 14.7 Å². The van der Waals surface area contributed by atoms with Crippen molar-refractivity contribution in [1.82, 2.24) is 0 Å². The molecule has 0 atom stereocenters. The molecule has 0 radical (unpaired) electrons. The zero-order chi connectivity index (χ0) is 4.99. The maximum absolute atomic E-state index is 8.06. The van der Waals surface area contributed by atoms with Crippen LogP contribution in [0.4, 0.5) is 0 Å². The highest BCUT2D eigenvalue weighted by molar-refractivity contribution is 5.81. The Morgan fingerprint density at radius 3 is 1.67 bits per heavy atom. The number of hydrogen-bond donors (Lipinski definition) is 1. The molecule has 0 amide bonds. The number of aliphatic hydroxyl groups is 1. The van der Waals surface area contributed by atoms with Gasteiger partial charge in [0, 0.05) is 0 Å². The fraction of sp³-hybridized carbons (Fsp3) is 0.333. The fourth-order valence-corrected chi connectivity index (χ4v) is 0.0385. The summed E-state index contributed by atoms with van der Waals surface area (Å²) in [6.45, 7) is 0. The van der Waals surface area contributed by atoms with E-state index in [0.717, 1.165) is 0 Å². The molecular formula is C3H6O3+2. The van der Waals surface area contributed by atoms with Crippen LogP contribution in [0.15, 0.2) is 0 Å². The first-order valence-corrected chi connectivity index (χ1v) is 1.44. The van der Waals surface area contributed by atoms with Crippen LogP contribution in [-0.4, -0.2) is 33.4 Å². The molecule has 0 rings (SSSR count). The molecule has 0 aromatic heterocycles. The van der Waals surface area contributed by atoms with Crippen LogP contribution < -0.4 is 0 Å². The summed E-state index contributed by atoms with van der Waals surface area (Å²) in [5.41, 5.74) is 0. The van der Waals surface area contributed by atoms with Crippen molar-refractivity contribution >= 4 is 12.6 Å². The smallest absolute Gasteiger partial charge is 0.323 e. The van der Waals surface area contributed by atoms with Crippen LogP contribution in [0.3, 0.4) is 0 Å². The molecule has 0 aliphatic heterocycles. The predicted molar refractivity (Wildman–Crippen MR) is 22.0 cm³/mol. The van der Waals surface area contributed by atoms with Crippen LogP contribution in [0.5, 0.6) is 0 Å². The van der Waals surface area contributed by atoms with E-state index in [0.29, 0.717) is 12.6 Å². The minimum Gasteiger partial charge on any atom is -0.370 e. The van der Waals surface area contributed by atoms with Crippen molar-refractivity contribution < 1.29 is 14.7 Å². The van der Waals surface area contributed by atoms with Gasteiger partial charge in [0.1, 0.15) is 0 Å². The number of aliphatic hydroxyl groups excluding tert-OH is 1. The molecule has 0 unspecified atom stereocenters. The molecule has 0 aliphatic rings. The Kier molecular flexibility index (Phi) is 2.24. The Bertz CT molecular complexity index is 51.1. The lowest BCUT2D eigenvalue weighted by Crippen LogP contribution is -2.08. The molecule has 6 heavy (non-hydrogen) atoms. The predicted octanol–water partition coefficient (Wildman–Crippen LogP) is -1.30. The zero-order valence-electron chi connectivity index (χ0n) is 3.07. The minimum atomic E-state index is -1.20. The summed E-state index contributed by atoms with van der Waals surface area (Å²) in [7, 11) is 0. The van der Waals surface area contributed by atoms with Gasteiger partial charge in [-0.2, -0.15) is 0 Å². The van der Waals surface area contributed by atoms with E-state index in [9.17, 15) is 0 Å². The highest BCUT2D eigenvalue weighted by atomic mass is 16.3. The Balaban J connectivity index is 3.21. The molecule has 0 saturated heterocycles. The van der Waals surface area contributed by atoms with Gasteiger partial charge in [-0.3, -0.25) is 9.59 Å². The molecule has 3 heteroatoms. The zero-order valence-corrected chi connectivity index (χ0v) is 3.07. The Labute approximate surface area is 34.6 Å². The van der Waals surface area contributed by atoms with E-state index in [-0.39, 0.29) is 0 Å². The summed E-state index contributed by atoms with van der Waals surface area (Å²) in [5.74, 6) is 0. The minimum absolute atomic E-state index is 0.472. The summed E-state index contributed by atoms with van der Waals surface area (Å²) in [6.07, 6.45) is -0.259. The van der Waals surface area contributed by atoms with Crippen LogP contribution in [0.1, 0.15) is 0 Å². The maximum Gasteiger partial charge on any atom is 0.323 e. The van der Waals surface area contributed by atoms with Gasteiger partial charge in [0.15, 0.2) is 0 Å². The summed E-state index contributed by atoms with van der Waals surface area (Å²) in [5, 5.41) is 8.06. The molecule has 0 spiro atoms. The summed E-state index contributed by atoms with van der Waals surface area (Å²) in [4.78, 5) is 15.5. The Morgan fingerprint density at radius 1 is 1.33 bits per heavy atom. The van der Waals surface area contributed by atoms with Crippen molar-refractivity contribution in [3.8, 4) is 0 Å². The lowest BCUT2D eigenvalue weighted by atomic mass is 10.5. The van der Waals surface area contributed by atoms with E-state index in [1.54, 1.807) is 0 Å². The maximum atomic E-state index is 8.06. The molecule has 0 heterocycles. The van der Waals surface area contributed by atoms with Gasteiger partial charge < -0.3 is 5.11 Å².